The molecule has 2 aromatic rings. The number of nitrogens with zero attached hydrogens (tertiary/aromatic N) is 1. The van der Waals surface area contributed by atoms with Gasteiger partial charge in [-0.3, -0.25) is 4.79 Å². The predicted molar refractivity (Wildman–Crippen MR) is 66.1 cm³/mol. The number of carboxylic acid groups (broad SMARTS) is 1. The molecule has 2 rings (SSSR count). The molecule has 0 aliphatic carbocycles. The number of aromatic amines is 1. The number of aromatic nitrogens is 2. The number of fused-ring (bicyclic) bond motifs is 1. The van der Waals surface area contributed by atoms with Crippen LogP contribution in [-0.2, 0) is 4.79 Å². The highest BCUT2D eigenvalue weighted by Gasteiger charge is 2.10. The topological polar surface area (TPSA) is 78.0 Å². The number of nitrogens with one attached hydrogen (secondary N) is 2. The summed E-state index contributed by atoms with van der Waals surface area (Å²) in [5, 5.41) is 11.9. The number of H-pyrrole nitrogens is 1. The molecule has 0 saturated heterocycles. The van der Waals surface area contributed by atoms with Gasteiger partial charge in [0.15, 0.2) is 0 Å². The molecular weight excluding hydrogens is 218 g/mol. The quantitative estimate of drug-likeness (QED) is 0.754. The van der Waals surface area contributed by atoms with Crippen LogP contribution in [0.1, 0.15) is 12.7 Å². The molecule has 0 bridgehead atoms. The van der Waals surface area contributed by atoms with Crippen molar-refractivity contribution in [3.8, 4) is 0 Å². The van der Waals surface area contributed by atoms with Gasteiger partial charge in [-0.15, -0.1) is 0 Å². The van der Waals surface area contributed by atoms with Crippen molar-refractivity contribution in [1.29, 1.82) is 0 Å². The van der Waals surface area contributed by atoms with E-state index in [4.69, 9.17) is 5.11 Å². The molecule has 5 nitrogen and oxygen atoms in total. The van der Waals surface area contributed by atoms with Gasteiger partial charge in [0.1, 0.15) is 5.82 Å². The highest BCUT2D eigenvalue weighted by atomic mass is 16.4. The first kappa shape index (κ1) is 11.4. The minimum Gasteiger partial charge on any atom is -0.481 e. The van der Waals surface area contributed by atoms with E-state index in [0.717, 1.165) is 22.5 Å². The van der Waals surface area contributed by atoms with Crippen molar-refractivity contribution in [1.82, 2.24) is 9.97 Å². The fourth-order valence-electron chi connectivity index (χ4n) is 1.61. The van der Waals surface area contributed by atoms with E-state index >= 15 is 0 Å². The Morgan fingerprint density at radius 1 is 1.59 bits per heavy atom. The highest BCUT2D eigenvalue weighted by Crippen LogP contribution is 2.17. The Labute approximate surface area is 98.9 Å². The number of imidazole rings is 1. The number of carbonyl (C=O) groups is 1. The second-order valence-corrected chi connectivity index (χ2v) is 4.17. The maximum absolute atomic E-state index is 10.7. The second-order valence-electron chi connectivity index (χ2n) is 4.17. The summed E-state index contributed by atoms with van der Waals surface area (Å²) in [7, 11) is 0. The van der Waals surface area contributed by atoms with Crippen molar-refractivity contribution in [2.45, 2.75) is 13.8 Å². The third-order valence-corrected chi connectivity index (χ3v) is 2.63. The van der Waals surface area contributed by atoms with Gasteiger partial charge >= 0.3 is 5.97 Å². The smallest absolute Gasteiger partial charge is 0.308 e. The first-order valence-corrected chi connectivity index (χ1v) is 5.49. The summed E-state index contributed by atoms with van der Waals surface area (Å²) in [6, 6.07) is 5.74. The van der Waals surface area contributed by atoms with Gasteiger partial charge in [0.25, 0.3) is 0 Å². The van der Waals surface area contributed by atoms with Gasteiger partial charge in [0.05, 0.1) is 17.0 Å². The Morgan fingerprint density at radius 3 is 3.06 bits per heavy atom. The van der Waals surface area contributed by atoms with E-state index in [9.17, 15) is 4.79 Å². The van der Waals surface area contributed by atoms with Gasteiger partial charge < -0.3 is 15.4 Å². The van der Waals surface area contributed by atoms with Crippen LogP contribution in [0.5, 0.6) is 0 Å². The van der Waals surface area contributed by atoms with Gasteiger partial charge in [-0.2, -0.15) is 0 Å². The van der Waals surface area contributed by atoms with Crippen molar-refractivity contribution in [2.24, 2.45) is 5.92 Å². The molecule has 17 heavy (non-hydrogen) atoms. The number of carboxylic acids is 1. The molecule has 0 spiro atoms. The fraction of sp³-hybridized carbons (Fsp3) is 0.333. The van der Waals surface area contributed by atoms with Crippen molar-refractivity contribution < 1.29 is 9.90 Å². The summed E-state index contributed by atoms with van der Waals surface area (Å²) < 4.78 is 0. The zero-order valence-corrected chi connectivity index (χ0v) is 9.82. The summed E-state index contributed by atoms with van der Waals surface area (Å²) in [5.74, 6) is -0.332. The molecule has 90 valence electrons. The molecule has 1 atom stereocenters. The molecule has 0 aliphatic rings. The van der Waals surface area contributed by atoms with E-state index < -0.39 is 11.9 Å². The van der Waals surface area contributed by atoms with E-state index in [1.807, 2.05) is 25.1 Å². The maximum Gasteiger partial charge on any atom is 0.308 e. The number of hydrogen-bond donors (Lipinski definition) is 3. The Kier molecular flexibility index (Phi) is 2.99. The van der Waals surface area contributed by atoms with E-state index in [0.29, 0.717) is 6.54 Å². The normalized spacial score (nSPS) is 12.6. The van der Waals surface area contributed by atoms with Crippen molar-refractivity contribution in [2.75, 3.05) is 11.9 Å². The molecule has 1 aromatic carbocycles. The molecule has 1 aromatic heterocycles. The Morgan fingerprint density at radius 2 is 2.35 bits per heavy atom. The summed E-state index contributed by atoms with van der Waals surface area (Å²) in [6.07, 6.45) is 0. The third-order valence-electron chi connectivity index (χ3n) is 2.63. The van der Waals surface area contributed by atoms with Crippen LogP contribution in [0.4, 0.5) is 5.69 Å². The molecular formula is C12H15N3O2. The van der Waals surface area contributed by atoms with E-state index in [1.54, 1.807) is 6.92 Å². The molecule has 5 heteroatoms. The molecule has 0 radical (unpaired) electrons. The second kappa shape index (κ2) is 4.45. The van der Waals surface area contributed by atoms with Gasteiger partial charge in [-0.1, -0.05) is 6.92 Å². The summed E-state index contributed by atoms with van der Waals surface area (Å²) >= 11 is 0. The molecule has 3 N–H and O–H groups in total. The summed E-state index contributed by atoms with van der Waals surface area (Å²) in [4.78, 5) is 18.1. The number of anilines is 1. The lowest BCUT2D eigenvalue weighted by molar-refractivity contribution is -0.140. The first-order valence-electron chi connectivity index (χ1n) is 5.49. The number of aliphatic carboxylic acids is 1. The van der Waals surface area contributed by atoms with Gasteiger partial charge in [0, 0.05) is 12.2 Å². The van der Waals surface area contributed by atoms with E-state index in [2.05, 4.69) is 15.3 Å². The molecule has 0 amide bonds. The van der Waals surface area contributed by atoms with Crippen LogP contribution in [-0.4, -0.2) is 27.6 Å². The van der Waals surface area contributed by atoms with Crippen LogP contribution >= 0.6 is 0 Å². The minimum atomic E-state index is -0.795. The first-order chi connectivity index (χ1) is 8.06. The van der Waals surface area contributed by atoms with Crippen LogP contribution in [0.25, 0.3) is 11.0 Å². The number of aryl methyl sites for hydroxylation is 1. The van der Waals surface area contributed by atoms with Gasteiger partial charge in [-0.05, 0) is 25.1 Å². The van der Waals surface area contributed by atoms with Crippen molar-refractivity contribution >= 4 is 22.7 Å². The van der Waals surface area contributed by atoms with Crippen molar-refractivity contribution in [3.05, 3.63) is 24.0 Å². The highest BCUT2D eigenvalue weighted by molar-refractivity contribution is 5.79. The number of benzene rings is 1. The molecule has 0 fully saturated rings. The van der Waals surface area contributed by atoms with E-state index in [1.165, 1.54) is 0 Å². The van der Waals surface area contributed by atoms with Crippen LogP contribution in [0.15, 0.2) is 18.2 Å². The van der Waals surface area contributed by atoms with E-state index in [-0.39, 0.29) is 0 Å². The Hall–Kier alpha value is -2.04. The Balaban J connectivity index is 2.11. The van der Waals surface area contributed by atoms with Crippen LogP contribution < -0.4 is 5.32 Å². The zero-order valence-electron chi connectivity index (χ0n) is 9.82. The SMILES string of the molecule is Cc1nc2ccc(NCC(C)C(=O)O)cc2[nH]1. The average molecular weight is 233 g/mol. The maximum atomic E-state index is 10.7. The monoisotopic (exact) mass is 233 g/mol. The fourth-order valence-corrected chi connectivity index (χ4v) is 1.61. The largest absolute Gasteiger partial charge is 0.481 e. The van der Waals surface area contributed by atoms with Crippen LogP contribution in [0, 0.1) is 12.8 Å². The molecule has 1 heterocycles. The lowest BCUT2D eigenvalue weighted by Gasteiger charge is -2.09. The lowest BCUT2D eigenvalue weighted by atomic mass is 10.2. The minimum absolute atomic E-state index is 0.408. The molecule has 0 saturated carbocycles. The number of hydrogen-bond acceptors (Lipinski definition) is 3. The molecule has 0 aliphatic heterocycles. The number of rotatable bonds is 4. The third kappa shape index (κ3) is 2.55. The predicted octanol–water partition coefficient (Wildman–Crippen LogP) is 2.00. The van der Waals surface area contributed by atoms with Gasteiger partial charge in [-0.25, -0.2) is 4.98 Å². The summed E-state index contributed by atoms with van der Waals surface area (Å²) in [5.41, 5.74) is 2.77. The molecule has 1 unspecified atom stereocenters. The summed E-state index contributed by atoms with van der Waals surface area (Å²) in [6.45, 7) is 3.99. The lowest BCUT2D eigenvalue weighted by Crippen LogP contribution is -2.19. The van der Waals surface area contributed by atoms with Gasteiger partial charge in [0.2, 0.25) is 0 Å². The van der Waals surface area contributed by atoms with Crippen molar-refractivity contribution in [3.63, 3.8) is 0 Å². The standard InChI is InChI=1S/C12H15N3O2/c1-7(12(16)17)6-13-9-3-4-10-11(5-9)15-8(2)14-10/h3-5,7,13H,6H2,1-2H3,(H,14,15)(H,16,17). The Bertz CT molecular complexity index is 548. The zero-order chi connectivity index (χ0) is 12.4. The van der Waals surface area contributed by atoms with Crippen LogP contribution in [0.2, 0.25) is 0 Å². The average Bonchev–Trinajstić information content (AvgIpc) is 2.64. The van der Waals surface area contributed by atoms with Crippen LogP contribution in [0.3, 0.4) is 0 Å².